The van der Waals surface area contributed by atoms with Crippen LogP contribution in [0.25, 0.3) is 48.2 Å². The van der Waals surface area contributed by atoms with Crippen LogP contribution in [0.3, 0.4) is 0 Å². The summed E-state index contributed by atoms with van der Waals surface area (Å²) < 4.78 is 3.25. The molecule has 0 aliphatic heterocycles. The number of aryl methyl sites for hydroxylation is 2. The van der Waals surface area contributed by atoms with Crippen molar-refractivity contribution in [2.45, 2.75) is 33.5 Å². The normalized spacial score (nSPS) is 12.5. The van der Waals surface area contributed by atoms with Crippen LogP contribution in [0, 0.1) is 13.8 Å². The van der Waals surface area contributed by atoms with Gasteiger partial charge in [-0.05, 0) is 53.9 Å². The van der Waals surface area contributed by atoms with Crippen LogP contribution in [0.15, 0.2) is 55.0 Å². The Hall–Kier alpha value is -3.09. The van der Waals surface area contributed by atoms with Crippen LogP contribution >= 0.6 is 11.3 Å². The standard InChI is InChI=1S/C26H24N4SSi/c1-15-10-17-12-18(13-20(32(3,4)5)19(17)11-16(15)2)22-25-23(28-14-27-22)24-26(31-25)30-9-7-6-8-21(30)29-24/h6-14H,1-5H3. The SMILES string of the molecule is Cc1cc2cc(-c3ncnc4c3sc3c4nc4ccccn43)cc([Si](C)(C)C)c2cc1C. The third-order valence-corrected chi connectivity index (χ3v) is 9.57. The highest BCUT2D eigenvalue weighted by Gasteiger charge is 2.23. The van der Waals surface area contributed by atoms with E-state index >= 15 is 0 Å². The molecule has 0 amide bonds. The first-order valence-corrected chi connectivity index (χ1v) is 15.2. The van der Waals surface area contributed by atoms with Gasteiger partial charge in [-0.3, -0.25) is 4.40 Å². The highest BCUT2D eigenvalue weighted by Crippen LogP contribution is 2.38. The molecule has 4 nitrogen and oxygen atoms in total. The van der Waals surface area contributed by atoms with Crippen molar-refractivity contribution in [1.82, 2.24) is 19.4 Å². The molecule has 0 bridgehead atoms. The predicted molar refractivity (Wildman–Crippen MR) is 139 cm³/mol. The molecule has 0 aliphatic rings. The summed E-state index contributed by atoms with van der Waals surface area (Å²) in [5.41, 5.74) is 7.69. The lowest BCUT2D eigenvalue weighted by molar-refractivity contribution is 1.23. The van der Waals surface area contributed by atoms with E-state index < -0.39 is 8.07 Å². The van der Waals surface area contributed by atoms with Crippen LogP contribution in [-0.2, 0) is 0 Å². The number of hydrogen-bond donors (Lipinski definition) is 0. The topological polar surface area (TPSA) is 43.1 Å². The summed E-state index contributed by atoms with van der Waals surface area (Å²) in [6.45, 7) is 11.7. The molecule has 0 radical (unpaired) electrons. The lowest BCUT2D eigenvalue weighted by atomic mass is 9.99. The maximum absolute atomic E-state index is 4.86. The Kier molecular flexibility index (Phi) is 4.10. The molecule has 6 aromatic rings. The van der Waals surface area contributed by atoms with Crippen LogP contribution in [0.5, 0.6) is 0 Å². The van der Waals surface area contributed by atoms with Gasteiger partial charge in [0.15, 0.2) is 0 Å². The maximum atomic E-state index is 4.86. The Labute approximate surface area is 191 Å². The molecule has 2 aromatic carbocycles. The summed E-state index contributed by atoms with van der Waals surface area (Å²) in [5.74, 6) is 0. The van der Waals surface area contributed by atoms with Crippen LogP contribution in [0.2, 0.25) is 19.6 Å². The smallest absolute Gasteiger partial charge is 0.138 e. The van der Waals surface area contributed by atoms with Crippen LogP contribution in [0.1, 0.15) is 11.1 Å². The van der Waals surface area contributed by atoms with E-state index in [-0.39, 0.29) is 0 Å². The summed E-state index contributed by atoms with van der Waals surface area (Å²) in [7, 11) is -1.58. The van der Waals surface area contributed by atoms with Crippen molar-refractivity contribution in [3.8, 4) is 11.3 Å². The highest BCUT2D eigenvalue weighted by molar-refractivity contribution is 7.25. The van der Waals surface area contributed by atoms with E-state index in [1.807, 2.05) is 18.2 Å². The number of rotatable bonds is 2. The van der Waals surface area contributed by atoms with Gasteiger partial charge in [0.05, 0.1) is 18.5 Å². The quantitative estimate of drug-likeness (QED) is 0.283. The van der Waals surface area contributed by atoms with E-state index in [1.165, 1.54) is 32.6 Å². The molecule has 0 spiro atoms. The zero-order chi connectivity index (χ0) is 22.2. The number of imidazole rings is 1. The molecule has 158 valence electrons. The van der Waals surface area contributed by atoms with E-state index in [1.54, 1.807) is 17.7 Å². The minimum Gasteiger partial charge on any atom is -0.291 e. The molecule has 6 heteroatoms. The molecule has 0 unspecified atom stereocenters. The molecule has 0 N–H and O–H groups in total. The molecule has 0 fully saturated rings. The van der Waals surface area contributed by atoms with Crippen molar-refractivity contribution >= 4 is 61.6 Å². The number of aromatic nitrogens is 4. The van der Waals surface area contributed by atoms with Crippen LogP contribution < -0.4 is 5.19 Å². The molecular weight excluding hydrogens is 428 g/mol. The van der Waals surface area contributed by atoms with Crippen molar-refractivity contribution in [3.05, 3.63) is 66.1 Å². The van der Waals surface area contributed by atoms with Gasteiger partial charge in [-0.25, -0.2) is 15.0 Å². The van der Waals surface area contributed by atoms with Gasteiger partial charge >= 0.3 is 0 Å². The second kappa shape index (κ2) is 6.70. The van der Waals surface area contributed by atoms with Gasteiger partial charge in [-0.15, -0.1) is 11.3 Å². The van der Waals surface area contributed by atoms with Gasteiger partial charge in [-0.1, -0.05) is 49.1 Å². The van der Waals surface area contributed by atoms with E-state index in [4.69, 9.17) is 9.97 Å². The Bertz CT molecular complexity index is 1690. The van der Waals surface area contributed by atoms with Crippen molar-refractivity contribution in [2.75, 3.05) is 0 Å². The first kappa shape index (κ1) is 19.6. The Morgan fingerprint density at radius 3 is 2.53 bits per heavy atom. The minimum absolute atomic E-state index is 0.938. The molecule has 4 aromatic heterocycles. The van der Waals surface area contributed by atoms with Crippen molar-refractivity contribution in [1.29, 1.82) is 0 Å². The number of fused-ring (bicyclic) bond motifs is 6. The van der Waals surface area contributed by atoms with Gasteiger partial charge < -0.3 is 0 Å². The highest BCUT2D eigenvalue weighted by atomic mass is 32.1. The summed E-state index contributed by atoms with van der Waals surface area (Å²) in [6.07, 6.45) is 3.75. The molecule has 0 saturated carbocycles. The summed E-state index contributed by atoms with van der Waals surface area (Å²) in [4.78, 5) is 15.4. The predicted octanol–water partition coefficient (Wildman–Crippen LogP) is 6.47. The summed E-state index contributed by atoms with van der Waals surface area (Å²) >= 11 is 1.73. The van der Waals surface area contributed by atoms with E-state index in [0.717, 1.165) is 31.9 Å². The third-order valence-electron chi connectivity index (χ3n) is 6.36. The Morgan fingerprint density at radius 2 is 1.72 bits per heavy atom. The molecule has 0 aliphatic carbocycles. The lowest BCUT2D eigenvalue weighted by Crippen LogP contribution is -2.38. The molecule has 0 atom stereocenters. The number of benzene rings is 2. The zero-order valence-electron chi connectivity index (χ0n) is 18.9. The number of thiophene rings is 1. The van der Waals surface area contributed by atoms with Gasteiger partial charge in [0.2, 0.25) is 0 Å². The summed E-state index contributed by atoms with van der Waals surface area (Å²) in [6, 6.07) is 15.5. The summed E-state index contributed by atoms with van der Waals surface area (Å²) in [5, 5.41) is 4.16. The lowest BCUT2D eigenvalue weighted by Gasteiger charge is -2.22. The Morgan fingerprint density at radius 1 is 0.906 bits per heavy atom. The van der Waals surface area contributed by atoms with Crippen molar-refractivity contribution in [3.63, 3.8) is 0 Å². The van der Waals surface area contributed by atoms with Crippen LogP contribution in [-0.4, -0.2) is 27.4 Å². The maximum Gasteiger partial charge on any atom is 0.138 e. The van der Waals surface area contributed by atoms with Gasteiger partial charge in [0.25, 0.3) is 0 Å². The third kappa shape index (κ3) is 2.83. The Balaban J connectivity index is 1.69. The van der Waals surface area contributed by atoms with E-state index in [2.05, 4.69) is 73.3 Å². The van der Waals surface area contributed by atoms with Crippen LogP contribution in [0.4, 0.5) is 0 Å². The fraction of sp³-hybridized carbons (Fsp3) is 0.192. The van der Waals surface area contributed by atoms with Gasteiger partial charge in [0, 0.05) is 11.8 Å². The minimum atomic E-state index is -1.58. The average molecular weight is 453 g/mol. The fourth-order valence-corrected chi connectivity index (χ4v) is 7.37. The van der Waals surface area contributed by atoms with E-state index in [9.17, 15) is 0 Å². The first-order valence-electron chi connectivity index (χ1n) is 10.9. The average Bonchev–Trinajstić information content (AvgIpc) is 3.29. The van der Waals surface area contributed by atoms with Gasteiger partial charge in [-0.2, -0.15) is 0 Å². The van der Waals surface area contributed by atoms with Crippen molar-refractivity contribution in [2.24, 2.45) is 0 Å². The molecule has 6 rings (SSSR count). The fourth-order valence-electron chi connectivity index (χ4n) is 4.56. The second-order valence-corrected chi connectivity index (χ2v) is 15.7. The molecule has 4 heterocycles. The van der Waals surface area contributed by atoms with E-state index in [0.29, 0.717) is 0 Å². The second-order valence-electron chi connectivity index (χ2n) is 9.63. The van der Waals surface area contributed by atoms with Crippen molar-refractivity contribution < 1.29 is 0 Å². The number of hydrogen-bond acceptors (Lipinski definition) is 4. The monoisotopic (exact) mass is 452 g/mol. The largest absolute Gasteiger partial charge is 0.291 e. The number of nitrogens with zero attached hydrogens (tertiary/aromatic N) is 4. The number of pyridine rings is 1. The zero-order valence-corrected chi connectivity index (χ0v) is 20.7. The molecular formula is C26H24N4SSi. The van der Waals surface area contributed by atoms with Gasteiger partial charge in [0.1, 0.15) is 27.8 Å². The molecule has 32 heavy (non-hydrogen) atoms. The first-order chi connectivity index (χ1) is 15.3. The molecule has 0 saturated heterocycles.